The SMILES string of the molecule is COCCc1nc2n(n1)Cc1c(C)ncn1-c1ccc(F)cc1-2. The molecule has 0 aliphatic carbocycles. The summed E-state index contributed by atoms with van der Waals surface area (Å²) >= 11 is 0. The topological polar surface area (TPSA) is 57.8 Å². The number of ether oxygens (including phenoxy) is 1. The van der Waals surface area contributed by atoms with Crippen LogP contribution in [-0.2, 0) is 17.7 Å². The first-order valence-electron chi connectivity index (χ1n) is 7.43. The Balaban J connectivity index is 1.93. The molecule has 1 aliphatic rings. The van der Waals surface area contributed by atoms with E-state index in [-0.39, 0.29) is 5.82 Å². The van der Waals surface area contributed by atoms with Crippen LogP contribution in [0.2, 0.25) is 0 Å². The van der Waals surface area contributed by atoms with Crippen molar-refractivity contribution < 1.29 is 9.13 Å². The van der Waals surface area contributed by atoms with Crippen molar-refractivity contribution in [2.45, 2.75) is 19.9 Å². The maximum absolute atomic E-state index is 13.8. The first-order chi connectivity index (χ1) is 11.2. The van der Waals surface area contributed by atoms with E-state index in [4.69, 9.17) is 4.74 Å². The minimum Gasteiger partial charge on any atom is -0.384 e. The number of imidazole rings is 1. The molecule has 118 valence electrons. The van der Waals surface area contributed by atoms with Crippen LogP contribution in [0.3, 0.4) is 0 Å². The molecule has 0 N–H and O–H groups in total. The van der Waals surface area contributed by atoms with Crippen LogP contribution in [0, 0.1) is 12.7 Å². The third-order valence-corrected chi connectivity index (χ3v) is 4.08. The van der Waals surface area contributed by atoms with E-state index in [1.807, 2.05) is 16.2 Å². The van der Waals surface area contributed by atoms with Gasteiger partial charge < -0.3 is 9.30 Å². The van der Waals surface area contributed by atoms with Crippen molar-refractivity contribution in [3.05, 3.63) is 47.6 Å². The first-order valence-corrected chi connectivity index (χ1v) is 7.43. The smallest absolute Gasteiger partial charge is 0.160 e. The van der Waals surface area contributed by atoms with Crippen molar-refractivity contribution >= 4 is 0 Å². The Morgan fingerprint density at radius 3 is 3.04 bits per heavy atom. The number of methoxy groups -OCH3 is 1. The van der Waals surface area contributed by atoms with Gasteiger partial charge in [-0.25, -0.2) is 19.0 Å². The summed E-state index contributed by atoms with van der Waals surface area (Å²) in [5.74, 6) is 1.08. The third-order valence-electron chi connectivity index (χ3n) is 4.08. The minimum absolute atomic E-state index is 0.294. The summed E-state index contributed by atoms with van der Waals surface area (Å²) in [6.45, 7) is 3.07. The van der Waals surface area contributed by atoms with Crippen LogP contribution in [0.5, 0.6) is 0 Å². The van der Waals surface area contributed by atoms with Crippen molar-refractivity contribution in [3.63, 3.8) is 0 Å². The summed E-state index contributed by atoms with van der Waals surface area (Å²) in [7, 11) is 1.65. The second-order valence-electron chi connectivity index (χ2n) is 5.56. The van der Waals surface area contributed by atoms with Crippen LogP contribution in [0.15, 0.2) is 24.5 Å². The van der Waals surface area contributed by atoms with E-state index in [0.29, 0.717) is 31.2 Å². The van der Waals surface area contributed by atoms with Gasteiger partial charge in [0.05, 0.1) is 36.6 Å². The fourth-order valence-corrected chi connectivity index (χ4v) is 2.90. The largest absolute Gasteiger partial charge is 0.384 e. The van der Waals surface area contributed by atoms with Gasteiger partial charge in [0.1, 0.15) is 5.82 Å². The van der Waals surface area contributed by atoms with Gasteiger partial charge in [0.15, 0.2) is 11.6 Å². The number of benzene rings is 1. The Hall–Kier alpha value is -2.54. The lowest BCUT2D eigenvalue weighted by Crippen LogP contribution is -2.06. The second kappa shape index (κ2) is 5.27. The molecule has 2 aromatic heterocycles. The predicted octanol–water partition coefficient (Wildman–Crippen LogP) is 2.13. The Kier molecular flexibility index (Phi) is 3.23. The van der Waals surface area contributed by atoms with E-state index in [9.17, 15) is 4.39 Å². The number of rotatable bonds is 3. The molecule has 23 heavy (non-hydrogen) atoms. The molecule has 0 saturated heterocycles. The zero-order valence-corrected chi connectivity index (χ0v) is 13.0. The molecule has 0 unspecified atom stereocenters. The molecule has 4 rings (SSSR count). The van der Waals surface area contributed by atoms with Gasteiger partial charge in [0.25, 0.3) is 0 Å². The molecular weight excluding hydrogens is 297 g/mol. The second-order valence-corrected chi connectivity index (χ2v) is 5.56. The van der Waals surface area contributed by atoms with Gasteiger partial charge in [-0.1, -0.05) is 0 Å². The molecule has 7 heteroatoms. The summed E-state index contributed by atoms with van der Waals surface area (Å²) in [6, 6.07) is 4.71. The van der Waals surface area contributed by atoms with E-state index < -0.39 is 0 Å². The number of aryl methyl sites for hydroxylation is 1. The van der Waals surface area contributed by atoms with Crippen molar-refractivity contribution in [3.8, 4) is 17.1 Å². The number of hydrogen-bond acceptors (Lipinski definition) is 4. The lowest BCUT2D eigenvalue weighted by atomic mass is 10.1. The summed E-state index contributed by atoms with van der Waals surface area (Å²) in [5, 5.41) is 4.56. The molecule has 0 radical (unpaired) electrons. The van der Waals surface area contributed by atoms with Crippen molar-refractivity contribution in [2.75, 3.05) is 13.7 Å². The van der Waals surface area contributed by atoms with Crippen LogP contribution < -0.4 is 0 Å². The standard InChI is InChI=1S/C16H16FN5O/c1-10-14-8-22-16(19-15(20-22)5-6-23-2)12-7-11(17)3-4-13(12)21(14)9-18-10/h3-4,7,9H,5-6,8H2,1-2H3. The van der Waals surface area contributed by atoms with E-state index >= 15 is 0 Å². The van der Waals surface area contributed by atoms with Gasteiger partial charge in [-0.05, 0) is 25.1 Å². The van der Waals surface area contributed by atoms with Gasteiger partial charge in [-0.2, -0.15) is 5.10 Å². The van der Waals surface area contributed by atoms with Gasteiger partial charge in [-0.3, -0.25) is 0 Å². The van der Waals surface area contributed by atoms with Crippen molar-refractivity contribution in [2.24, 2.45) is 0 Å². The Bertz CT molecular complexity index is 883. The van der Waals surface area contributed by atoms with Crippen LogP contribution in [0.1, 0.15) is 17.2 Å². The zero-order chi connectivity index (χ0) is 16.0. The normalized spacial score (nSPS) is 12.5. The average Bonchev–Trinajstić information content (AvgIpc) is 3.07. The number of fused-ring (bicyclic) bond motifs is 5. The van der Waals surface area contributed by atoms with E-state index in [0.717, 1.165) is 22.6 Å². The highest BCUT2D eigenvalue weighted by molar-refractivity contribution is 5.69. The van der Waals surface area contributed by atoms with Crippen molar-refractivity contribution in [1.82, 2.24) is 24.3 Å². The van der Waals surface area contributed by atoms with E-state index in [1.165, 1.54) is 12.1 Å². The molecule has 3 heterocycles. The molecule has 6 nitrogen and oxygen atoms in total. The molecule has 3 aromatic rings. The van der Waals surface area contributed by atoms with Crippen molar-refractivity contribution in [1.29, 1.82) is 0 Å². The Morgan fingerprint density at radius 1 is 1.35 bits per heavy atom. The molecule has 1 aliphatic heterocycles. The fourth-order valence-electron chi connectivity index (χ4n) is 2.90. The molecule has 1 aromatic carbocycles. The summed E-state index contributed by atoms with van der Waals surface area (Å²) in [6.07, 6.45) is 2.39. The monoisotopic (exact) mass is 313 g/mol. The average molecular weight is 313 g/mol. The van der Waals surface area contributed by atoms with Crippen LogP contribution in [0.4, 0.5) is 4.39 Å². The Labute approximate surface area is 132 Å². The highest BCUT2D eigenvalue weighted by atomic mass is 19.1. The minimum atomic E-state index is -0.294. The lowest BCUT2D eigenvalue weighted by molar-refractivity contribution is 0.200. The number of halogens is 1. The summed E-state index contributed by atoms with van der Waals surface area (Å²) in [5.41, 5.74) is 3.55. The maximum atomic E-state index is 13.8. The summed E-state index contributed by atoms with van der Waals surface area (Å²) < 4.78 is 22.7. The molecule has 0 spiro atoms. The molecule has 0 bridgehead atoms. The number of nitrogens with zero attached hydrogens (tertiary/aromatic N) is 5. The van der Waals surface area contributed by atoms with E-state index in [1.54, 1.807) is 19.5 Å². The molecule has 0 saturated carbocycles. The predicted molar refractivity (Wildman–Crippen MR) is 82.0 cm³/mol. The third kappa shape index (κ3) is 2.24. The quantitative estimate of drug-likeness (QED) is 0.581. The highest BCUT2D eigenvalue weighted by Gasteiger charge is 2.24. The van der Waals surface area contributed by atoms with Gasteiger partial charge in [-0.15, -0.1) is 0 Å². The van der Waals surface area contributed by atoms with Gasteiger partial charge in [0.2, 0.25) is 0 Å². The van der Waals surface area contributed by atoms with Crippen LogP contribution in [0.25, 0.3) is 17.1 Å². The van der Waals surface area contributed by atoms with Crippen LogP contribution >= 0.6 is 0 Å². The molecule has 0 amide bonds. The van der Waals surface area contributed by atoms with Gasteiger partial charge in [0, 0.05) is 19.1 Å². The highest BCUT2D eigenvalue weighted by Crippen LogP contribution is 2.31. The van der Waals surface area contributed by atoms with Gasteiger partial charge >= 0.3 is 0 Å². The molecule has 0 fully saturated rings. The lowest BCUT2D eigenvalue weighted by Gasteiger charge is -2.08. The molecular formula is C16H16FN5O. The number of aromatic nitrogens is 5. The van der Waals surface area contributed by atoms with Crippen LogP contribution in [-0.4, -0.2) is 38.0 Å². The number of hydrogen-bond donors (Lipinski definition) is 0. The van der Waals surface area contributed by atoms with E-state index in [2.05, 4.69) is 15.1 Å². The zero-order valence-electron chi connectivity index (χ0n) is 13.0. The maximum Gasteiger partial charge on any atom is 0.160 e. The first kappa shape index (κ1) is 14.1. The Morgan fingerprint density at radius 2 is 2.22 bits per heavy atom. The summed E-state index contributed by atoms with van der Waals surface area (Å²) in [4.78, 5) is 8.97. The fraction of sp³-hybridized carbons (Fsp3) is 0.312. The molecule has 0 atom stereocenters.